The fraction of sp³-hybridized carbons (Fsp3) is 0.828. The number of allylic oxidation sites excluding steroid dienone is 2. The van der Waals surface area contributed by atoms with Crippen molar-refractivity contribution in [3.05, 3.63) is 12.2 Å². The Morgan fingerprint density at radius 1 is 0.500 bits per heavy atom. The van der Waals surface area contributed by atoms with Crippen LogP contribution in [0.3, 0.4) is 0 Å². The zero-order chi connectivity index (χ0) is 26.9. The number of unbranched alkanes of at least 4 members (excludes halogenated alkanes) is 14. The lowest BCUT2D eigenvalue weighted by Gasteiger charge is -2.38. The first-order chi connectivity index (χ1) is 17.3. The van der Waals surface area contributed by atoms with Crippen LogP contribution in [0.1, 0.15) is 129 Å². The van der Waals surface area contributed by atoms with Crippen LogP contribution in [0, 0.1) is 0 Å². The predicted molar refractivity (Wildman–Crippen MR) is 145 cm³/mol. The second-order valence-electron chi connectivity index (χ2n) is 10.3. The van der Waals surface area contributed by atoms with Gasteiger partial charge in [-0.2, -0.15) is 0 Å². The van der Waals surface area contributed by atoms with Crippen molar-refractivity contribution in [3.8, 4) is 0 Å². The summed E-state index contributed by atoms with van der Waals surface area (Å²) in [6, 6.07) is 0. The summed E-state index contributed by atoms with van der Waals surface area (Å²) in [5, 5.41) is 27.3. The third-order valence-corrected chi connectivity index (χ3v) is 7.04. The first-order valence-corrected chi connectivity index (χ1v) is 14.5. The van der Waals surface area contributed by atoms with Gasteiger partial charge in [0.1, 0.15) is 0 Å². The molecule has 7 nitrogen and oxygen atoms in total. The number of quaternary nitrogens is 1. The third-order valence-electron chi connectivity index (χ3n) is 7.04. The predicted octanol–water partition coefficient (Wildman–Crippen LogP) is 7.05. The Kier molecular flexibility index (Phi) is 22.3. The fourth-order valence-electron chi connectivity index (χ4n) is 4.72. The highest BCUT2D eigenvalue weighted by molar-refractivity contribution is 5.67. The number of aliphatic carboxylic acids is 3. The first-order valence-electron chi connectivity index (χ1n) is 14.5. The van der Waals surface area contributed by atoms with Crippen LogP contribution in [-0.4, -0.2) is 63.9 Å². The highest BCUT2D eigenvalue weighted by atomic mass is 16.4. The number of rotatable bonds is 27. The Bertz CT molecular complexity index is 559. The quantitative estimate of drug-likeness (QED) is 0.0618. The minimum atomic E-state index is -0.934. The molecular weight excluding hydrogens is 458 g/mol. The summed E-state index contributed by atoms with van der Waals surface area (Å²) in [7, 11) is 0. The van der Waals surface area contributed by atoms with Crippen molar-refractivity contribution < 1.29 is 34.2 Å². The Labute approximate surface area is 219 Å². The van der Waals surface area contributed by atoms with Crippen LogP contribution in [0.4, 0.5) is 0 Å². The molecule has 0 unspecified atom stereocenters. The van der Waals surface area contributed by atoms with E-state index in [1.807, 2.05) is 0 Å². The fourth-order valence-corrected chi connectivity index (χ4v) is 4.72. The van der Waals surface area contributed by atoms with Crippen LogP contribution in [0.15, 0.2) is 12.2 Å². The van der Waals surface area contributed by atoms with E-state index in [1.54, 1.807) is 0 Å². The van der Waals surface area contributed by atoms with Gasteiger partial charge in [0, 0.05) is 0 Å². The average molecular weight is 513 g/mol. The van der Waals surface area contributed by atoms with Crippen molar-refractivity contribution in [2.45, 2.75) is 129 Å². The van der Waals surface area contributed by atoms with E-state index >= 15 is 0 Å². The molecular formula is C29H54NO6+. The van der Waals surface area contributed by atoms with Crippen molar-refractivity contribution in [2.24, 2.45) is 0 Å². The van der Waals surface area contributed by atoms with Crippen LogP contribution in [-0.2, 0) is 14.4 Å². The second kappa shape index (κ2) is 23.5. The molecule has 3 N–H and O–H groups in total. The topological polar surface area (TPSA) is 112 Å². The minimum absolute atomic E-state index is 0.0767. The maximum Gasteiger partial charge on any atom is 0.309 e. The summed E-state index contributed by atoms with van der Waals surface area (Å²) in [5.41, 5.74) is 0. The SMILES string of the molecule is CCCCCCCCC/C=C/CCCCCCCCC[N+](CCC(=O)O)(CCC(=O)O)CCC(=O)O. The molecule has 36 heavy (non-hydrogen) atoms. The number of nitrogens with zero attached hydrogens (tertiary/aromatic N) is 1. The van der Waals surface area contributed by atoms with Crippen molar-refractivity contribution in [3.63, 3.8) is 0 Å². The largest absolute Gasteiger partial charge is 0.481 e. The van der Waals surface area contributed by atoms with E-state index in [2.05, 4.69) is 19.1 Å². The molecule has 0 aromatic carbocycles. The molecule has 0 aromatic rings. The van der Waals surface area contributed by atoms with Crippen molar-refractivity contribution >= 4 is 17.9 Å². The summed E-state index contributed by atoms with van der Waals surface area (Å²) in [5.74, 6) is -2.80. The Morgan fingerprint density at radius 2 is 0.833 bits per heavy atom. The lowest BCUT2D eigenvalue weighted by Crippen LogP contribution is -2.52. The maximum absolute atomic E-state index is 11.1. The molecule has 0 saturated heterocycles. The second-order valence-corrected chi connectivity index (χ2v) is 10.3. The minimum Gasteiger partial charge on any atom is -0.481 e. The number of hydrogen-bond acceptors (Lipinski definition) is 3. The van der Waals surface area contributed by atoms with Gasteiger partial charge >= 0.3 is 17.9 Å². The van der Waals surface area contributed by atoms with Gasteiger partial charge < -0.3 is 19.8 Å². The zero-order valence-corrected chi connectivity index (χ0v) is 22.9. The number of hydrogen-bond donors (Lipinski definition) is 3. The van der Waals surface area contributed by atoms with Gasteiger partial charge in [0.05, 0.1) is 45.4 Å². The van der Waals surface area contributed by atoms with Gasteiger partial charge in [-0.05, 0) is 38.5 Å². The van der Waals surface area contributed by atoms with Gasteiger partial charge in [0.2, 0.25) is 0 Å². The van der Waals surface area contributed by atoms with Gasteiger partial charge in [-0.25, -0.2) is 0 Å². The molecule has 0 amide bonds. The molecule has 0 aliphatic rings. The molecule has 7 heteroatoms. The Balaban J connectivity index is 4.02. The highest BCUT2D eigenvalue weighted by Crippen LogP contribution is 2.17. The van der Waals surface area contributed by atoms with Crippen LogP contribution >= 0.6 is 0 Å². The van der Waals surface area contributed by atoms with Crippen LogP contribution in [0.2, 0.25) is 0 Å². The number of carboxylic acids is 3. The third kappa shape index (κ3) is 22.6. The summed E-state index contributed by atoms with van der Waals surface area (Å²) in [6.07, 6.45) is 24.1. The van der Waals surface area contributed by atoms with E-state index in [0.717, 1.165) is 25.7 Å². The molecule has 0 spiro atoms. The monoisotopic (exact) mass is 512 g/mol. The lowest BCUT2D eigenvalue weighted by atomic mass is 10.1. The number of carboxylic acid groups (broad SMARTS) is 3. The summed E-state index contributed by atoms with van der Waals surface area (Å²) >= 11 is 0. The smallest absolute Gasteiger partial charge is 0.309 e. The van der Waals surface area contributed by atoms with Crippen molar-refractivity contribution in [2.75, 3.05) is 26.2 Å². The Hall–Kier alpha value is -1.89. The summed E-state index contributed by atoms with van der Waals surface area (Å²) in [6.45, 7) is 3.73. The van der Waals surface area contributed by atoms with Crippen molar-refractivity contribution in [1.29, 1.82) is 0 Å². The molecule has 0 aliphatic heterocycles. The molecule has 0 saturated carbocycles. The molecule has 0 radical (unpaired) electrons. The normalized spacial score (nSPS) is 11.8. The first kappa shape index (κ1) is 34.1. The van der Waals surface area contributed by atoms with E-state index in [4.69, 9.17) is 15.3 Å². The standard InChI is InChI=1S/C29H53NO6/c1-2-3-4-5-6-7-8-9-10-11-12-13-14-15-16-17-18-19-23-30(24-20-27(31)32,25-21-28(33)34)26-22-29(35)36/h10-11H,2-9,12-26H2,1H3,(H2-,31,32,33,34,35,36)/p+1/b11-10+. The zero-order valence-electron chi connectivity index (χ0n) is 22.9. The molecule has 210 valence electrons. The van der Waals surface area contributed by atoms with Crippen LogP contribution in [0.5, 0.6) is 0 Å². The van der Waals surface area contributed by atoms with Gasteiger partial charge in [-0.3, -0.25) is 14.4 Å². The van der Waals surface area contributed by atoms with Crippen molar-refractivity contribution in [1.82, 2.24) is 0 Å². The molecule has 0 aromatic heterocycles. The summed E-state index contributed by atoms with van der Waals surface area (Å²) < 4.78 is 0.260. The van der Waals surface area contributed by atoms with E-state index in [0.29, 0.717) is 6.54 Å². The Morgan fingerprint density at radius 3 is 1.19 bits per heavy atom. The van der Waals surface area contributed by atoms with E-state index in [-0.39, 0.29) is 43.4 Å². The van der Waals surface area contributed by atoms with Gasteiger partial charge in [-0.1, -0.05) is 83.3 Å². The molecule has 0 aliphatic carbocycles. The lowest BCUT2D eigenvalue weighted by molar-refractivity contribution is -0.927. The van der Waals surface area contributed by atoms with E-state index in [1.165, 1.54) is 77.0 Å². The van der Waals surface area contributed by atoms with Gasteiger partial charge in [0.25, 0.3) is 0 Å². The summed E-state index contributed by atoms with van der Waals surface area (Å²) in [4.78, 5) is 33.4. The average Bonchev–Trinajstić information content (AvgIpc) is 2.83. The molecule has 0 heterocycles. The highest BCUT2D eigenvalue weighted by Gasteiger charge is 2.29. The van der Waals surface area contributed by atoms with Crippen LogP contribution in [0.25, 0.3) is 0 Å². The molecule has 0 rings (SSSR count). The van der Waals surface area contributed by atoms with E-state index in [9.17, 15) is 14.4 Å². The van der Waals surface area contributed by atoms with Gasteiger partial charge in [0.15, 0.2) is 0 Å². The van der Waals surface area contributed by atoms with Gasteiger partial charge in [-0.15, -0.1) is 0 Å². The molecule has 0 atom stereocenters. The van der Waals surface area contributed by atoms with E-state index < -0.39 is 17.9 Å². The maximum atomic E-state index is 11.1. The van der Waals surface area contributed by atoms with Crippen LogP contribution < -0.4 is 0 Å². The molecule has 0 fully saturated rings. The number of carbonyl (C=O) groups is 3. The molecule has 0 bridgehead atoms.